The van der Waals surface area contributed by atoms with Crippen molar-refractivity contribution < 1.29 is 8.78 Å². The lowest BCUT2D eigenvalue weighted by atomic mass is 10.3. The summed E-state index contributed by atoms with van der Waals surface area (Å²) < 4.78 is 24.2. The molecule has 0 fully saturated rings. The fourth-order valence-corrected chi connectivity index (χ4v) is 1.79. The molecular formula is C9H14F2N2S. The van der Waals surface area contributed by atoms with E-state index in [9.17, 15) is 8.78 Å². The zero-order valence-corrected chi connectivity index (χ0v) is 9.07. The van der Waals surface area contributed by atoms with Gasteiger partial charge in [-0.2, -0.15) is 0 Å². The molecule has 0 spiro atoms. The van der Waals surface area contributed by atoms with Gasteiger partial charge in [-0.15, -0.1) is 11.3 Å². The van der Waals surface area contributed by atoms with Gasteiger partial charge in [0.2, 0.25) is 0 Å². The molecule has 1 atom stereocenters. The molecule has 0 bridgehead atoms. The summed E-state index contributed by atoms with van der Waals surface area (Å²) in [7, 11) is 0. The van der Waals surface area contributed by atoms with Crippen molar-refractivity contribution in [2.75, 3.05) is 6.54 Å². The predicted octanol–water partition coefficient (Wildman–Crippen LogP) is 2.24. The van der Waals surface area contributed by atoms with Crippen molar-refractivity contribution in [1.82, 2.24) is 10.3 Å². The fraction of sp³-hybridized carbons (Fsp3) is 0.667. The molecule has 0 aliphatic carbocycles. The van der Waals surface area contributed by atoms with Crippen molar-refractivity contribution in [3.8, 4) is 0 Å². The van der Waals surface area contributed by atoms with Crippen molar-refractivity contribution >= 4 is 11.3 Å². The second-order valence-corrected chi connectivity index (χ2v) is 4.15. The van der Waals surface area contributed by atoms with Crippen LogP contribution in [0.1, 0.15) is 17.6 Å². The van der Waals surface area contributed by atoms with E-state index in [-0.39, 0.29) is 0 Å². The Hall–Kier alpha value is -0.550. The SMILES string of the molecule is Cc1csc(CCNC(C)C(F)F)n1. The fourth-order valence-electron chi connectivity index (χ4n) is 1.01. The Morgan fingerprint density at radius 1 is 1.57 bits per heavy atom. The number of hydrogen-bond donors (Lipinski definition) is 1. The minimum atomic E-state index is -2.30. The van der Waals surface area contributed by atoms with Gasteiger partial charge in [0.1, 0.15) is 0 Å². The largest absolute Gasteiger partial charge is 0.309 e. The maximum Gasteiger partial charge on any atom is 0.253 e. The number of aryl methyl sites for hydroxylation is 1. The van der Waals surface area contributed by atoms with Crippen molar-refractivity contribution in [2.45, 2.75) is 32.7 Å². The number of nitrogens with one attached hydrogen (secondary N) is 1. The molecule has 5 heteroatoms. The van der Waals surface area contributed by atoms with Crippen molar-refractivity contribution in [3.63, 3.8) is 0 Å². The first-order chi connectivity index (χ1) is 6.59. The molecule has 1 rings (SSSR count). The van der Waals surface area contributed by atoms with E-state index in [1.165, 1.54) is 6.92 Å². The van der Waals surface area contributed by atoms with Crippen molar-refractivity contribution in [2.24, 2.45) is 0 Å². The highest BCUT2D eigenvalue weighted by Crippen LogP contribution is 2.08. The topological polar surface area (TPSA) is 24.9 Å². The molecule has 1 aromatic heterocycles. The van der Waals surface area contributed by atoms with E-state index in [1.807, 2.05) is 12.3 Å². The second kappa shape index (κ2) is 5.36. The van der Waals surface area contributed by atoms with Crippen LogP contribution in [0.2, 0.25) is 0 Å². The maximum absolute atomic E-state index is 12.1. The monoisotopic (exact) mass is 220 g/mol. The molecular weight excluding hydrogens is 206 g/mol. The lowest BCUT2D eigenvalue weighted by molar-refractivity contribution is 0.106. The molecule has 1 aromatic rings. The summed E-state index contributed by atoms with van der Waals surface area (Å²) >= 11 is 1.57. The minimum absolute atomic E-state index is 0.554. The first-order valence-electron chi connectivity index (χ1n) is 4.52. The molecule has 0 radical (unpaired) electrons. The van der Waals surface area contributed by atoms with Crippen LogP contribution in [-0.2, 0) is 6.42 Å². The maximum atomic E-state index is 12.1. The summed E-state index contributed by atoms with van der Waals surface area (Å²) in [6, 6.07) is -0.740. The van der Waals surface area contributed by atoms with Gasteiger partial charge in [0.25, 0.3) is 6.43 Å². The Kier molecular flexibility index (Phi) is 4.41. The molecule has 0 saturated heterocycles. The van der Waals surface area contributed by atoms with Crippen LogP contribution in [0.3, 0.4) is 0 Å². The van der Waals surface area contributed by atoms with Gasteiger partial charge in [-0.3, -0.25) is 0 Å². The number of halogens is 2. The molecule has 1 unspecified atom stereocenters. The van der Waals surface area contributed by atoms with E-state index in [0.717, 1.165) is 17.1 Å². The van der Waals surface area contributed by atoms with Crippen LogP contribution in [0.5, 0.6) is 0 Å². The zero-order valence-electron chi connectivity index (χ0n) is 8.26. The van der Waals surface area contributed by atoms with Crippen LogP contribution in [0.25, 0.3) is 0 Å². The molecule has 0 aliphatic rings. The molecule has 1 N–H and O–H groups in total. The summed E-state index contributed by atoms with van der Waals surface area (Å²) in [4.78, 5) is 4.24. The molecule has 80 valence electrons. The van der Waals surface area contributed by atoms with Crippen LogP contribution in [0, 0.1) is 6.92 Å². The zero-order chi connectivity index (χ0) is 10.6. The minimum Gasteiger partial charge on any atom is -0.309 e. The average Bonchev–Trinajstić information content (AvgIpc) is 2.51. The van der Waals surface area contributed by atoms with Crippen LogP contribution < -0.4 is 5.32 Å². The van der Waals surface area contributed by atoms with E-state index >= 15 is 0 Å². The number of nitrogens with zero attached hydrogens (tertiary/aromatic N) is 1. The number of thiazole rings is 1. The van der Waals surface area contributed by atoms with Crippen LogP contribution >= 0.6 is 11.3 Å². The summed E-state index contributed by atoms with van der Waals surface area (Å²) in [6.07, 6.45) is -1.58. The molecule has 0 amide bonds. The van der Waals surface area contributed by atoms with E-state index in [0.29, 0.717) is 6.54 Å². The summed E-state index contributed by atoms with van der Waals surface area (Å²) in [5, 5.41) is 5.72. The van der Waals surface area contributed by atoms with Gasteiger partial charge < -0.3 is 5.32 Å². The Morgan fingerprint density at radius 2 is 2.29 bits per heavy atom. The first-order valence-corrected chi connectivity index (χ1v) is 5.40. The van der Waals surface area contributed by atoms with Gasteiger partial charge in [-0.05, 0) is 13.8 Å². The molecule has 1 heterocycles. The lowest BCUT2D eigenvalue weighted by Gasteiger charge is -2.11. The van der Waals surface area contributed by atoms with Gasteiger partial charge in [0.15, 0.2) is 0 Å². The smallest absolute Gasteiger partial charge is 0.253 e. The molecule has 0 aromatic carbocycles. The van der Waals surface area contributed by atoms with E-state index in [4.69, 9.17) is 0 Å². The highest BCUT2D eigenvalue weighted by molar-refractivity contribution is 7.09. The Bertz CT molecular complexity index is 276. The van der Waals surface area contributed by atoms with Gasteiger partial charge in [-0.25, -0.2) is 13.8 Å². The third-order valence-electron chi connectivity index (χ3n) is 1.85. The Balaban J connectivity index is 2.22. The highest BCUT2D eigenvalue weighted by Gasteiger charge is 2.12. The van der Waals surface area contributed by atoms with Gasteiger partial charge in [0, 0.05) is 24.0 Å². The molecule has 14 heavy (non-hydrogen) atoms. The summed E-state index contributed by atoms with van der Waals surface area (Å²) in [6.45, 7) is 3.96. The Morgan fingerprint density at radius 3 is 2.79 bits per heavy atom. The third kappa shape index (κ3) is 3.67. The standard InChI is InChI=1S/C9H14F2N2S/c1-6-5-14-8(13-6)3-4-12-7(2)9(10)11/h5,7,9,12H,3-4H2,1-2H3. The predicted molar refractivity (Wildman–Crippen MR) is 54.0 cm³/mol. The van der Waals surface area contributed by atoms with E-state index < -0.39 is 12.5 Å². The second-order valence-electron chi connectivity index (χ2n) is 3.21. The normalized spacial score (nSPS) is 13.5. The highest BCUT2D eigenvalue weighted by atomic mass is 32.1. The van der Waals surface area contributed by atoms with E-state index in [2.05, 4.69) is 10.3 Å². The van der Waals surface area contributed by atoms with Gasteiger partial charge in [0.05, 0.1) is 11.0 Å². The number of alkyl halides is 2. The quantitative estimate of drug-likeness (QED) is 0.823. The molecule has 2 nitrogen and oxygen atoms in total. The third-order valence-corrected chi connectivity index (χ3v) is 2.88. The molecule has 0 saturated carbocycles. The van der Waals surface area contributed by atoms with Crippen LogP contribution in [-0.4, -0.2) is 24.0 Å². The van der Waals surface area contributed by atoms with Gasteiger partial charge >= 0.3 is 0 Å². The van der Waals surface area contributed by atoms with Crippen LogP contribution in [0.4, 0.5) is 8.78 Å². The summed E-state index contributed by atoms with van der Waals surface area (Å²) in [5.41, 5.74) is 0.993. The average molecular weight is 220 g/mol. The summed E-state index contributed by atoms with van der Waals surface area (Å²) in [5.74, 6) is 0. The number of aromatic nitrogens is 1. The van der Waals surface area contributed by atoms with Crippen LogP contribution in [0.15, 0.2) is 5.38 Å². The number of rotatable bonds is 5. The number of hydrogen-bond acceptors (Lipinski definition) is 3. The lowest BCUT2D eigenvalue weighted by Crippen LogP contribution is -2.33. The first kappa shape index (κ1) is 11.5. The van der Waals surface area contributed by atoms with Gasteiger partial charge in [-0.1, -0.05) is 0 Å². The van der Waals surface area contributed by atoms with Crippen molar-refractivity contribution in [3.05, 3.63) is 16.1 Å². The van der Waals surface area contributed by atoms with Crippen molar-refractivity contribution in [1.29, 1.82) is 0 Å². The molecule has 0 aliphatic heterocycles. The Labute approximate surface area is 86.4 Å². The van der Waals surface area contributed by atoms with E-state index in [1.54, 1.807) is 11.3 Å².